The van der Waals surface area contributed by atoms with Crippen LogP contribution in [-0.2, 0) is 16.1 Å². The molecule has 0 saturated heterocycles. The van der Waals surface area contributed by atoms with Gasteiger partial charge in [0.15, 0.2) is 11.7 Å². The molecule has 1 amide bonds. The molecular formula is C17H13ClN4O2. The maximum Gasteiger partial charge on any atom is 0.242 e. The molecule has 1 aromatic carbocycles. The van der Waals surface area contributed by atoms with Crippen molar-refractivity contribution in [3.63, 3.8) is 0 Å². The van der Waals surface area contributed by atoms with Crippen LogP contribution in [0.3, 0.4) is 0 Å². The van der Waals surface area contributed by atoms with E-state index in [4.69, 9.17) is 11.6 Å². The molecule has 1 aliphatic heterocycles. The molecule has 2 aromatic heterocycles. The molecule has 0 aliphatic carbocycles. The van der Waals surface area contributed by atoms with Gasteiger partial charge in [-0.15, -0.1) is 0 Å². The number of nitrogens with zero attached hydrogens (tertiary/aromatic N) is 3. The molecule has 24 heavy (non-hydrogen) atoms. The SMILES string of the molecule is O=C1CCn2c(nc3ccccc32)C1C(=O)Nc1ccncc1Cl. The summed E-state index contributed by atoms with van der Waals surface area (Å²) >= 11 is 6.03. The third kappa shape index (κ3) is 2.35. The Morgan fingerprint density at radius 3 is 2.96 bits per heavy atom. The molecule has 4 rings (SSSR count). The zero-order valence-electron chi connectivity index (χ0n) is 12.6. The van der Waals surface area contributed by atoms with E-state index in [1.165, 1.54) is 12.4 Å². The third-order valence-corrected chi connectivity index (χ3v) is 4.44. The fourth-order valence-electron chi connectivity index (χ4n) is 3.00. The van der Waals surface area contributed by atoms with Crippen molar-refractivity contribution in [3.8, 4) is 0 Å². The van der Waals surface area contributed by atoms with Gasteiger partial charge in [0.25, 0.3) is 0 Å². The van der Waals surface area contributed by atoms with Crippen LogP contribution in [0.5, 0.6) is 0 Å². The van der Waals surface area contributed by atoms with E-state index in [0.29, 0.717) is 29.5 Å². The van der Waals surface area contributed by atoms with Gasteiger partial charge in [-0.05, 0) is 18.2 Å². The average Bonchev–Trinajstić information content (AvgIpc) is 2.95. The number of carbonyl (C=O) groups is 2. The van der Waals surface area contributed by atoms with Gasteiger partial charge in [0, 0.05) is 25.4 Å². The predicted octanol–water partition coefficient (Wildman–Crippen LogP) is 2.78. The van der Waals surface area contributed by atoms with E-state index in [1.54, 1.807) is 6.07 Å². The number of imidazole rings is 1. The van der Waals surface area contributed by atoms with Crippen LogP contribution in [0.25, 0.3) is 11.0 Å². The summed E-state index contributed by atoms with van der Waals surface area (Å²) in [6, 6.07) is 9.21. The molecule has 1 atom stereocenters. The number of Topliss-reactive ketones (excluding diaryl/α,β-unsaturated/α-hetero) is 1. The summed E-state index contributed by atoms with van der Waals surface area (Å²) in [4.78, 5) is 33.5. The number of aromatic nitrogens is 3. The van der Waals surface area contributed by atoms with Gasteiger partial charge in [-0.2, -0.15) is 0 Å². The van der Waals surface area contributed by atoms with Gasteiger partial charge in [0.2, 0.25) is 5.91 Å². The Balaban J connectivity index is 1.74. The molecule has 1 aliphatic rings. The Morgan fingerprint density at radius 2 is 2.12 bits per heavy atom. The quantitative estimate of drug-likeness (QED) is 0.728. The zero-order chi connectivity index (χ0) is 16.7. The van der Waals surface area contributed by atoms with Crippen molar-refractivity contribution in [3.05, 3.63) is 53.6 Å². The molecule has 0 bridgehead atoms. The number of halogens is 1. The molecule has 0 saturated carbocycles. The molecule has 7 heteroatoms. The minimum Gasteiger partial charge on any atom is -0.326 e. The fraction of sp³-hybridized carbons (Fsp3) is 0.176. The van der Waals surface area contributed by atoms with Crippen LogP contribution in [0, 0.1) is 0 Å². The molecular weight excluding hydrogens is 328 g/mol. The van der Waals surface area contributed by atoms with Crippen molar-refractivity contribution in [2.45, 2.75) is 18.9 Å². The summed E-state index contributed by atoms with van der Waals surface area (Å²) in [5.41, 5.74) is 2.14. The van der Waals surface area contributed by atoms with Crippen molar-refractivity contribution in [1.29, 1.82) is 0 Å². The lowest BCUT2D eigenvalue weighted by Gasteiger charge is -2.22. The Labute approximate surface area is 142 Å². The van der Waals surface area contributed by atoms with E-state index in [2.05, 4.69) is 15.3 Å². The summed E-state index contributed by atoms with van der Waals surface area (Å²) in [5.74, 6) is -1.02. The standard InChI is InChI=1S/C17H13ClN4O2/c18-10-9-19-7-5-11(10)21-17(24)15-14(23)6-8-22-13-4-2-1-3-12(13)20-16(15)22/h1-5,7,9,15H,6,8H2,(H,19,21,24). The zero-order valence-corrected chi connectivity index (χ0v) is 13.3. The molecule has 1 unspecified atom stereocenters. The summed E-state index contributed by atoms with van der Waals surface area (Å²) in [6.07, 6.45) is 3.27. The van der Waals surface area contributed by atoms with Crippen LogP contribution < -0.4 is 5.32 Å². The normalized spacial score (nSPS) is 16.9. The molecule has 3 aromatic rings. The van der Waals surface area contributed by atoms with Gasteiger partial charge in [0.1, 0.15) is 5.82 Å². The smallest absolute Gasteiger partial charge is 0.242 e. The summed E-state index contributed by atoms with van der Waals surface area (Å²) < 4.78 is 1.94. The monoisotopic (exact) mass is 340 g/mol. The Kier molecular flexibility index (Phi) is 3.54. The molecule has 6 nitrogen and oxygen atoms in total. The van der Waals surface area contributed by atoms with E-state index in [-0.39, 0.29) is 5.78 Å². The number of para-hydroxylation sites is 2. The van der Waals surface area contributed by atoms with E-state index in [0.717, 1.165) is 11.0 Å². The minimum atomic E-state index is -0.935. The van der Waals surface area contributed by atoms with E-state index in [1.807, 2.05) is 28.8 Å². The van der Waals surface area contributed by atoms with Crippen molar-refractivity contribution >= 4 is 40.0 Å². The lowest BCUT2D eigenvalue weighted by atomic mass is 9.96. The number of nitrogens with one attached hydrogen (secondary N) is 1. The number of benzene rings is 1. The largest absolute Gasteiger partial charge is 0.326 e. The molecule has 0 fully saturated rings. The topological polar surface area (TPSA) is 76.9 Å². The number of amides is 1. The van der Waals surface area contributed by atoms with Crippen LogP contribution in [0.4, 0.5) is 5.69 Å². The van der Waals surface area contributed by atoms with Crippen molar-refractivity contribution in [2.75, 3.05) is 5.32 Å². The Morgan fingerprint density at radius 1 is 1.29 bits per heavy atom. The molecule has 120 valence electrons. The molecule has 1 N–H and O–H groups in total. The van der Waals surface area contributed by atoms with Crippen LogP contribution in [0.15, 0.2) is 42.7 Å². The van der Waals surface area contributed by atoms with Crippen LogP contribution >= 0.6 is 11.6 Å². The number of ketones is 1. The van der Waals surface area contributed by atoms with Gasteiger partial charge in [-0.3, -0.25) is 14.6 Å². The highest BCUT2D eigenvalue weighted by molar-refractivity contribution is 6.33. The van der Waals surface area contributed by atoms with Crippen LogP contribution in [0.1, 0.15) is 18.2 Å². The maximum absolute atomic E-state index is 12.7. The first kappa shape index (κ1) is 14.8. The molecule has 0 spiro atoms. The highest BCUT2D eigenvalue weighted by Crippen LogP contribution is 2.30. The van der Waals surface area contributed by atoms with Gasteiger partial charge in [0.05, 0.1) is 21.7 Å². The Bertz CT molecular complexity index is 966. The van der Waals surface area contributed by atoms with Crippen molar-refractivity contribution < 1.29 is 9.59 Å². The van der Waals surface area contributed by atoms with Crippen LogP contribution in [-0.4, -0.2) is 26.2 Å². The number of hydrogen-bond acceptors (Lipinski definition) is 4. The first-order valence-electron chi connectivity index (χ1n) is 7.53. The fourth-order valence-corrected chi connectivity index (χ4v) is 3.17. The van der Waals surface area contributed by atoms with Crippen molar-refractivity contribution in [1.82, 2.24) is 14.5 Å². The van der Waals surface area contributed by atoms with Gasteiger partial charge in [-0.1, -0.05) is 23.7 Å². The number of hydrogen-bond donors (Lipinski definition) is 1. The van der Waals surface area contributed by atoms with Gasteiger partial charge in [-0.25, -0.2) is 4.98 Å². The summed E-state index contributed by atoms with van der Waals surface area (Å²) in [5, 5.41) is 3.03. The lowest BCUT2D eigenvalue weighted by Crippen LogP contribution is -2.34. The van der Waals surface area contributed by atoms with E-state index in [9.17, 15) is 9.59 Å². The molecule has 0 radical (unpaired) electrons. The van der Waals surface area contributed by atoms with E-state index < -0.39 is 11.8 Å². The number of carbonyl (C=O) groups excluding carboxylic acids is 2. The second-order valence-corrected chi connectivity index (χ2v) is 6.01. The lowest BCUT2D eigenvalue weighted by molar-refractivity contribution is -0.128. The van der Waals surface area contributed by atoms with Crippen molar-refractivity contribution in [2.24, 2.45) is 0 Å². The second-order valence-electron chi connectivity index (χ2n) is 5.60. The summed E-state index contributed by atoms with van der Waals surface area (Å²) in [6.45, 7) is 0.536. The predicted molar refractivity (Wildman–Crippen MR) is 90.0 cm³/mol. The van der Waals surface area contributed by atoms with Gasteiger partial charge < -0.3 is 9.88 Å². The van der Waals surface area contributed by atoms with Gasteiger partial charge >= 0.3 is 0 Å². The van der Waals surface area contributed by atoms with E-state index >= 15 is 0 Å². The number of fused-ring (bicyclic) bond motifs is 3. The average molecular weight is 341 g/mol. The second kappa shape index (κ2) is 5.72. The highest BCUT2D eigenvalue weighted by atomic mass is 35.5. The number of pyridine rings is 1. The Hall–Kier alpha value is -2.73. The van der Waals surface area contributed by atoms with Crippen LogP contribution in [0.2, 0.25) is 5.02 Å². The number of aryl methyl sites for hydroxylation is 1. The first-order valence-corrected chi connectivity index (χ1v) is 7.91. The maximum atomic E-state index is 12.7. The number of rotatable bonds is 2. The minimum absolute atomic E-state index is 0.138. The first-order chi connectivity index (χ1) is 11.6. The third-order valence-electron chi connectivity index (χ3n) is 4.14. The molecule has 3 heterocycles. The number of anilines is 1. The summed E-state index contributed by atoms with van der Waals surface area (Å²) in [7, 11) is 0. The highest BCUT2D eigenvalue weighted by Gasteiger charge is 2.36.